The van der Waals surface area contributed by atoms with Crippen LogP contribution < -0.4 is 10.6 Å². The average molecular weight is 356 g/mol. The molecule has 0 bridgehead atoms. The number of nitrogens with zero attached hydrogens (tertiary/aromatic N) is 1. The van der Waals surface area contributed by atoms with Gasteiger partial charge in [-0.1, -0.05) is 35.4 Å². The molecule has 3 rings (SSSR count). The number of amides is 1. The molecule has 1 aliphatic carbocycles. The second kappa shape index (κ2) is 8.67. The fraction of sp³-hybridized carbons (Fsp3) is 0.300. The first kappa shape index (κ1) is 17.5. The topological polar surface area (TPSA) is 54.0 Å². The zero-order chi connectivity index (χ0) is 17.5. The summed E-state index contributed by atoms with van der Waals surface area (Å²) in [5, 5.41) is 6.64. The molecule has 2 N–H and O–H groups in total. The second-order valence-corrected chi connectivity index (χ2v) is 6.56. The third-order valence-electron chi connectivity index (χ3n) is 4.28. The van der Waals surface area contributed by atoms with Crippen LogP contribution in [-0.2, 0) is 0 Å². The summed E-state index contributed by atoms with van der Waals surface area (Å²) in [5.41, 5.74) is 3.41. The summed E-state index contributed by atoms with van der Waals surface area (Å²) >= 11 is 6.05. The lowest BCUT2D eigenvalue weighted by atomic mass is 9.97. The Kier molecular flexibility index (Phi) is 6.07. The Hall–Kier alpha value is -2.33. The third-order valence-corrected chi connectivity index (χ3v) is 4.61. The number of benzene rings is 1. The molecule has 1 aliphatic rings. The molecule has 0 atom stereocenters. The van der Waals surface area contributed by atoms with Crippen LogP contribution in [0.4, 0.5) is 11.4 Å². The van der Waals surface area contributed by atoms with E-state index in [1.54, 1.807) is 30.0 Å². The summed E-state index contributed by atoms with van der Waals surface area (Å²) < 4.78 is 0. The Morgan fingerprint density at radius 1 is 1.16 bits per heavy atom. The molecule has 0 saturated heterocycles. The van der Waals surface area contributed by atoms with Gasteiger partial charge in [0.1, 0.15) is 5.69 Å². The van der Waals surface area contributed by atoms with Gasteiger partial charge < -0.3 is 10.6 Å². The van der Waals surface area contributed by atoms with Gasteiger partial charge in [0.05, 0.1) is 22.6 Å². The Morgan fingerprint density at radius 2 is 2.04 bits per heavy atom. The van der Waals surface area contributed by atoms with Crippen LogP contribution in [0.3, 0.4) is 0 Å². The number of pyridine rings is 1. The van der Waals surface area contributed by atoms with Crippen molar-refractivity contribution in [2.24, 2.45) is 0 Å². The smallest absolute Gasteiger partial charge is 0.274 e. The molecule has 1 heterocycles. The minimum Gasteiger partial charge on any atom is -0.383 e. The highest BCUT2D eigenvalue weighted by Gasteiger charge is 2.09. The fourth-order valence-corrected chi connectivity index (χ4v) is 3.06. The Labute approximate surface area is 153 Å². The maximum absolute atomic E-state index is 12.2. The van der Waals surface area contributed by atoms with Gasteiger partial charge in [-0.15, -0.1) is 0 Å². The minimum atomic E-state index is -0.271. The maximum atomic E-state index is 12.2. The Morgan fingerprint density at radius 3 is 2.76 bits per heavy atom. The number of aromatic nitrogens is 1. The standard InChI is InChI=1S/C20H22ClN3O/c21-17-8-4-5-9-18(17)24-20(25)19-11-10-16(14-23-19)22-13-12-15-6-2-1-3-7-15/h4-6,8-11,14,22H,1-3,7,12-13H2,(H,24,25). The van der Waals surface area contributed by atoms with Crippen molar-refractivity contribution in [2.75, 3.05) is 17.2 Å². The summed E-state index contributed by atoms with van der Waals surface area (Å²) in [6, 6.07) is 10.7. The van der Waals surface area contributed by atoms with Gasteiger partial charge in [-0.2, -0.15) is 0 Å². The molecule has 0 fully saturated rings. The van der Waals surface area contributed by atoms with Gasteiger partial charge in [0.2, 0.25) is 0 Å². The first-order valence-electron chi connectivity index (χ1n) is 8.66. The van der Waals surface area contributed by atoms with E-state index >= 15 is 0 Å². The number of hydrogen-bond donors (Lipinski definition) is 2. The molecule has 0 aliphatic heterocycles. The zero-order valence-electron chi connectivity index (χ0n) is 14.1. The largest absolute Gasteiger partial charge is 0.383 e. The number of anilines is 2. The predicted molar refractivity (Wildman–Crippen MR) is 103 cm³/mol. The molecule has 1 aromatic heterocycles. The van der Waals surface area contributed by atoms with Crippen LogP contribution in [0.5, 0.6) is 0 Å². The van der Waals surface area contributed by atoms with E-state index in [9.17, 15) is 4.79 Å². The van der Waals surface area contributed by atoms with Crippen molar-refractivity contribution >= 4 is 28.9 Å². The van der Waals surface area contributed by atoms with Gasteiger partial charge in [-0.05, 0) is 56.4 Å². The maximum Gasteiger partial charge on any atom is 0.274 e. The van der Waals surface area contributed by atoms with Crippen LogP contribution in [0.25, 0.3) is 0 Å². The van der Waals surface area contributed by atoms with Crippen LogP contribution in [0.15, 0.2) is 54.2 Å². The second-order valence-electron chi connectivity index (χ2n) is 6.15. The number of allylic oxidation sites excluding steroid dienone is 1. The lowest BCUT2D eigenvalue weighted by Gasteiger charge is -2.13. The van der Waals surface area contributed by atoms with Gasteiger partial charge in [0, 0.05) is 6.54 Å². The van der Waals surface area contributed by atoms with Gasteiger partial charge in [-0.25, -0.2) is 4.98 Å². The summed E-state index contributed by atoms with van der Waals surface area (Å²) in [6.07, 6.45) is 10.2. The van der Waals surface area contributed by atoms with Crippen molar-refractivity contribution < 1.29 is 4.79 Å². The molecule has 1 amide bonds. The van der Waals surface area contributed by atoms with Crippen molar-refractivity contribution in [3.8, 4) is 0 Å². The van der Waals surface area contributed by atoms with E-state index < -0.39 is 0 Å². The fourth-order valence-electron chi connectivity index (χ4n) is 2.88. The monoisotopic (exact) mass is 355 g/mol. The third kappa shape index (κ3) is 5.07. The molecule has 1 aromatic carbocycles. The van der Waals surface area contributed by atoms with Gasteiger partial charge in [-0.3, -0.25) is 4.79 Å². The molecule has 25 heavy (non-hydrogen) atoms. The van der Waals surface area contributed by atoms with Crippen LogP contribution in [0, 0.1) is 0 Å². The molecular weight excluding hydrogens is 334 g/mol. The highest BCUT2D eigenvalue weighted by molar-refractivity contribution is 6.33. The van der Waals surface area contributed by atoms with Crippen LogP contribution >= 0.6 is 11.6 Å². The van der Waals surface area contributed by atoms with Gasteiger partial charge in [0.25, 0.3) is 5.91 Å². The number of carbonyl (C=O) groups excluding carboxylic acids is 1. The van der Waals surface area contributed by atoms with E-state index in [1.807, 2.05) is 18.2 Å². The van der Waals surface area contributed by atoms with Crippen LogP contribution in [0.2, 0.25) is 5.02 Å². The van der Waals surface area contributed by atoms with Crippen LogP contribution in [-0.4, -0.2) is 17.4 Å². The van der Waals surface area contributed by atoms with Crippen molar-refractivity contribution in [1.29, 1.82) is 0 Å². The normalized spacial score (nSPS) is 13.9. The molecule has 130 valence electrons. The van der Waals surface area contributed by atoms with E-state index in [-0.39, 0.29) is 5.91 Å². The molecule has 0 saturated carbocycles. The van der Waals surface area contributed by atoms with Crippen molar-refractivity contribution in [2.45, 2.75) is 32.1 Å². The predicted octanol–water partition coefficient (Wildman–Crippen LogP) is 5.29. The number of nitrogens with one attached hydrogen (secondary N) is 2. The minimum absolute atomic E-state index is 0.271. The van der Waals surface area contributed by atoms with E-state index in [1.165, 1.54) is 25.7 Å². The first-order valence-corrected chi connectivity index (χ1v) is 9.04. The van der Waals surface area contributed by atoms with E-state index in [2.05, 4.69) is 21.7 Å². The SMILES string of the molecule is O=C(Nc1ccccc1Cl)c1ccc(NCCC2=CCCCC2)cn1. The van der Waals surface area contributed by atoms with Crippen molar-refractivity contribution in [1.82, 2.24) is 4.98 Å². The molecule has 4 nitrogen and oxygen atoms in total. The van der Waals surface area contributed by atoms with Crippen molar-refractivity contribution in [3.05, 3.63) is 65.0 Å². The molecule has 2 aromatic rings. The van der Waals surface area contributed by atoms with Crippen molar-refractivity contribution in [3.63, 3.8) is 0 Å². The van der Waals surface area contributed by atoms with Gasteiger partial charge >= 0.3 is 0 Å². The summed E-state index contributed by atoms with van der Waals surface area (Å²) in [4.78, 5) is 16.5. The lowest BCUT2D eigenvalue weighted by molar-refractivity contribution is 0.102. The van der Waals surface area contributed by atoms with Gasteiger partial charge in [0.15, 0.2) is 0 Å². The van der Waals surface area contributed by atoms with E-state index in [4.69, 9.17) is 11.6 Å². The van der Waals surface area contributed by atoms with Crippen LogP contribution in [0.1, 0.15) is 42.6 Å². The average Bonchev–Trinajstić information content (AvgIpc) is 2.65. The number of halogens is 1. The zero-order valence-corrected chi connectivity index (χ0v) is 14.9. The van der Waals surface area contributed by atoms with E-state index in [0.29, 0.717) is 16.4 Å². The first-order chi connectivity index (χ1) is 12.2. The molecule has 0 spiro atoms. The number of para-hydroxylation sites is 1. The summed E-state index contributed by atoms with van der Waals surface area (Å²) in [5.74, 6) is -0.271. The summed E-state index contributed by atoms with van der Waals surface area (Å²) in [7, 11) is 0. The molecule has 0 unspecified atom stereocenters. The number of rotatable bonds is 6. The molecular formula is C20H22ClN3O. The lowest BCUT2D eigenvalue weighted by Crippen LogP contribution is -2.14. The number of hydrogen-bond acceptors (Lipinski definition) is 3. The Bertz CT molecular complexity index is 756. The highest BCUT2D eigenvalue weighted by Crippen LogP contribution is 2.22. The molecule has 0 radical (unpaired) electrons. The number of carbonyl (C=O) groups is 1. The molecule has 5 heteroatoms. The highest BCUT2D eigenvalue weighted by atomic mass is 35.5. The Balaban J connectivity index is 1.52. The summed E-state index contributed by atoms with van der Waals surface area (Å²) in [6.45, 7) is 0.888. The van der Waals surface area contributed by atoms with E-state index in [0.717, 1.165) is 18.7 Å². The quantitative estimate of drug-likeness (QED) is 0.692.